The molecule has 4 nitrogen and oxygen atoms in total. The van der Waals surface area contributed by atoms with Gasteiger partial charge in [0.25, 0.3) is 0 Å². The van der Waals surface area contributed by atoms with Gasteiger partial charge in [-0.05, 0) is 29.3 Å². The number of nitrogens with one attached hydrogen (secondary N) is 1. The normalized spacial score (nSPS) is 13.3. The molecule has 2 N–H and O–H groups in total. The van der Waals surface area contributed by atoms with Crippen molar-refractivity contribution in [3.05, 3.63) is 64.9 Å². The largest absolute Gasteiger partial charge is 0.388 e. The standard InChI is InChI=1S/C17H17NO3S2/c19-15(16-8-4-12-22-16)10-11-18-23(20,21)17-9-3-6-13-5-1-2-7-14(13)17/h1-9,12,15,18-19H,10-11H2. The number of benzene rings is 2. The molecule has 0 spiro atoms. The van der Waals surface area contributed by atoms with Gasteiger partial charge in [-0.3, -0.25) is 0 Å². The van der Waals surface area contributed by atoms with Gasteiger partial charge in [-0.1, -0.05) is 42.5 Å². The predicted molar refractivity (Wildman–Crippen MR) is 93.0 cm³/mol. The molecule has 0 aliphatic rings. The fourth-order valence-corrected chi connectivity index (χ4v) is 4.48. The third kappa shape index (κ3) is 3.61. The highest BCUT2D eigenvalue weighted by atomic mass is 32.2. The highest BCUT2D eigenvalue weighted by molar-refractivity contribution is 7.89. The van der Waals surface area contributed by atoms with E-state index in [-0.39, 0.29) is 11.4 Å². The minimum absolute atomic E-state index is 0.185. The predicted octanol–water partition coefficient (Wildman–Crippen LogP) is 3.30. The lowest BCUT2D eigenvalue weighted by molar-refractivity contribution is 0.173. The SMILES string of the molecule is O=S(=O)(NCCC(O)c1cccs1)c1cccc2ccccc12. The van der Waals surface area contributed by atoms with Gasteiger partial charge in [-0.15, -0.1) is 11.3 Å². The summed E-state index contributed by atoms with van der Waals surface area (Å²) >= 11 is 1.46. The lowest BCUT2D eigenvalue weighted by Gasteiger charge is -2.11. The lowest BCUT2D eigenvalue weighted by Crippen LogP contribution is -2.26. The maximum Gasteiger partial charge on any atom is 0.241 e. The molecule has 0 aliphatic heterocycles. The first-order valence-electron chi connectivity index (χ1n) is 7.27. The third-order valence-electron chi connectivity index (χ3n) is 3.62. The van der Waals surface area contributed by atoms with Crippen LogP contribution in [0.4, 0.5) is 0 Å². The van der Waals surface area contributed by atoms with Gasteiger partial charge in [0.2, 0.25) is 10.0 Å². The van der Waals surface area contributed by atoms with E-state index < -0.39 is 16.1 Å². The maximum absolute atomic E-state index is 12.5. The summed E-state index contributed by atoms with van der Waals surface area (Å²) in [5.74, 6) is 0. The highest BCUT2D eigenvalue weighted by Crippen LogP contribution is 2.24. The fraction of sp³-hybridized carbons (Fsp3) is 0.176. The van der Waals surface area contributed by atoms with Gasteiger partial charge in [0.1, 0.15) is 0 Å². The Morgan fingerprint density at radius 1 is 1.04 bits per heavy atom. The Balaban J connectivity index is 1.74. The Labute approximate surface area is 139 Å². The summed E-state index contributed by atoms with van der Waals surface area (Å²) in [5, 5.41) is 13.5. The maximum atomic E-state index is 12.5. The number of aliphatic hydroxyl groups excluding tert-OH is 1. The van der Waals surface area contributed by atoms with Crippen LogP contribution in [0.5, 0.6) is 0 Å². The summed E-state index contributed by atoms with van der Waals surface area (Å²) in [5.41, 5.74) is 0. The van der Waals surface area contributed by atoms with Crippen molar-refractivity contribution in [1.29, 1.82) is 0 Å². The van der Waals surface area contributed by atoms with E-state index in [4.69, 9.17) is 0 Å². The molecule has 6 heteroatoms. The fourth-order valence-electron chi connectivity index (χ4n) is 2.46. The second kappa shape index (κ2) is 6.80. The van der Waals surface area contributed by atoms with E-state index in [2.05, 4.69) is 4.72 Å². The van der Waals surface area contributed by atoms with Crippen LogP contribution in [0.1, 0.15) is 17.4 Å². The molecule has 0 amide bonds. The monoisotopic (exact) mass is 347 g/mol. The molecule has 3 rings (SSSR count). The molecule has 0 aliphatic carbocycles. The molecule has 3 aromatic rings. The third-order valence-corrected chi connectivity index (χ3v) is 6.11. The smallest absolute Gasteiger partial charge is 0.241 e. The summed E-state index contributed by atoms with van der Waals surface area (Å²) in [6, 6.07) is 16.3. The van der Waals surface area contributed by atoms with Crippen LogP contribution in [0.3, 0.4) is 0 Å². The number of aliphatic hydroxyl groups is 1. The minimum atomic E-state index is -3.61. The van der Waals surface area contributed by atoms with Crippen molar-refractivity contribution < 1.29 is 13.5 Å². The van der Waals surface area contributed by atoms with Crippen LogP contribution < -0.4 is 4.72 Å². The van der Waals surface area contributed by atoms with Crippen LogP contribution in [-0.4, -0.2) is 20.1 Å². The highest BCUT2D eigenvalue weighted by Gasteiger charge is 2.17. The van der Waals surface area contributed by atoms with E-state index in [9.17, 15) is 13.5 Å². The Morgan fingerprint density at radius 2 is 1.83 bits per heavy atom. The molecular weight excluding hydrogens is 330 g/mol. The zero-order chi connectivity index (χ0) is 16.3. The van der Waals surface area contributed by atoms with E-state index in [0.29, 0.717) is 11.8 Å². The van der Waals surface area contributed by atoms with Crippen LogP contribution in [0, 0.1) is 0 Å². The number of hydrogen-bond donors (Lipinski definition) is 2. The molecule has 1 unspecified atom stereocenters. The second-order valence-corrected chi connectivity index (χ2v) is 7.91. The van der Waals surface area contributed by atoms with E-state index in [0.717, 1.165) is 10.3 Å². The Kier molecular flexibility index (Phi) is 4.77. The van der Waals surface area contributed by atoms with E-state index in [1.165, 1.54) is 11.3 Å². The number of sulfonamides is 1. The first kappa shape index (κ1) is 16.1. The van der Waals surface area contributed by atoms with Gasteiger partial charge in [-0.2, -0.15) is 0 Å². The number of fused-ring (bicyclic) bond motifs is 1. The molecule has 1 aromatic heterocycles. The molecule has 120 valence electrons. The second-order valence-electron chi connectivity index (χ2n) is 5.19. The van der Waals surface area contributed by atoms with Crippen LogP contribution in [0.15, 0.2) is 64.9 Å². The minimum Gasteiger partial charge on any atom is -0.388 e. The Bertz CT molecular complexity index is 884. The molecule has 1 atom stereocenters. The van der Waals surface area contributed by atoms with Crippen LogP contribution in [-0.2, 0) is 10.0 Å². The topological polar surface area (TPSA) is 66.4 Å². The van der Waals surface area contributed by atoms with Gasteiger partial charge in [0.15, 0.2) is 0 Å². The van der Waals surface area contributed by atoms with Gasteiger partial charge >= 0.3 is 0 Å². The Hall–Kier alpha value is -1.73. The average Bonchev–Trinajstić information content (AvgIpc) is 3.08. The average molecular weight is 347 g/mol. The summed E-state index contributed by atoms with van der Waals surface area (Å²) in [6.07, 6.45) is -0.310. The van der Waals surface area contributed by atoms with Crippen LogP contribution >= 0.6 is 11.3 Å². The molecule has 1 heterocycles. The van der Waals surface area contributed by atoms with Gasteiger partial charge in [-0.25, -0.2) is 13.1 Å². The van der Waals surface area contributed by atoms with E-state index >= 15 is 0 Å². The van der Waals surface area contributed by atoms with Crippen molar-refractivity contribution in [3.63, 3.8) is 0 Å². The van der Waals surface area contributed by atoms with E-state index in [1.807, 2.05) is 41.8 Å². The molecular formula is C17H17NO3S2. The molecule has 0 saturated carbocycles. The van der Waals surface area contributed by atoms with Crippen LogP contribution in [0.25, 0.3) is 10.8 Å². The summed E-state index contributed by atoms with van der Waals surface area (Å²) in [6.45, 7) is 0.185. The van der Waals surface area contributed by atoms with Crippen molar-refractivity contribution in [2.45, 2.75) is 17.4 Å². The summed E-state index contributed by atoms with van der Waals surface area (Å²) in [7, 11) is -3.61. The van der Waals surface area contributed by atoms with Gasteiger partial charge in [0.05, 0.1) is 11.0 Å². The zero-order valence-corrected chi connectivity index (χ0v) is 14.0. The first-order chi connectivity index (χ1) is 11.1. The molecule has 0 saturated heterocycles. The van der Waals surface area contributed by atoms with Gasteiger partial charge in [0, 0.05) is 16.8 Å². The molecule has 23 heavy (non-hydrogen) atoms. The number of hydrogen-bond acceptors (Lipinski definition) is 4. The molecule has 0 bridgehead atoms. The van der Waals surface area contributed by atoms with Crippen molar-refractivity contribution in [2.24, 2.45) is 0 Å². The number of rotatable bonds is 6. The summed E-state index contributed by atoms with van der Waals surface area (Å²) in [4.78, 5) is 1.11. The van der Waals surface area contributed by atoms with E-state index in [1.54, 1.807) is 18.2 Å². The summed E-state index contributed by atoms with van der Waals surface area (Å²) < 4.78 is 27.6. The zero-order valence-electron chi connectivity index (χ0n) is 12.3. The molecule has 2 aromatic carbocycles. The van der Waals surface area contributed by atoms with Gasteiger partial charge < -0.3 is 5.11 Å². The quantitative estimate of drug-likeness (QED) is 0.719. The van der Waals surface area contributed by atoms with Crippen molar-refractivity contribution in [3.8, 4) is 0 Å². The molecule has 0 radical (unpaired) electrons. The Morgan fingerprint density at radius 3 is 2.61 bits per heavy atom. The lowest BCUT2D eigenvalue weighted by atomic mass is 10.1. The van der Waals surface area contributed by atoms with Crippen molar-refractivity contribution in [1.82, 2.24) is 4.72 Å². The van der Waals surface area contributed by atoms with Crippen LogP contribution in [0.2, 0.25) is 0 Å². The number of thiophene rings is 1. The van der Waals surface area contributed by atoms with Crippen molar-refractivity contribution >= 4 is 32.1 Å². The first-order valence-corrected chi connectivity index (χ1v) is 9.63. The van der Waals surface area contributed by atoms with Crippen molar-refractivity contribution in [2.75, 3.05) is 6.54 Å². The molecule has 0 fully saturated rings.